The van der Waals surface area contributed by atoms with E-state index in [1.165, 1.54) is 22.3 Å². The predicted octanol–water partition coefficient (Wildman–Crippen LogP) is 4.10. The van der Waals surface area contributed by atoms with E-state index in [9.17, 15) is 0 Å². The zero-order valence-corrected chi connectivity index (χ0v) is 16.5. The summed E-state index contributed by atoms with van der Waals surface area (Å²) in [4.78, 5) is 0. The lowest BCUT2D eigenvalue weighted by molar-refractivity contribution is -0.713. The number of nitrogens with zero attached hydrogens (tertiary/aromatic N) is 2. The van der Waals surface area contributed by atoms with Crippen molar-refractivity contribution in [3.05, 3.63) is 95.6 Å². The highest BCUT2D eigenvalue weighted by molar-refractivity contribution is 5.27. The first-order valence-corrected chi connectivity index (χ1v) is 9.54. The Balaban J connectivity index is 1.91. The van der Waals surface area contributed by atoms with Crippen molar-refractivity contribution >= 4 is 0 Å². The van der Waals surface area contributed by atoms with Gasteiger partial charge in [0.2, 0.25) is 0 Å². The van der Waals surface area contributed by atoms with Gasteiger partial charge in [-0.1, -0.05) is 36.1 Å². The molecule has 0 aliphatic rings. The molecule has 2 unspecified atom stereocenters. The van der Waals surface area contributed by atoms with Crippen molar-refractivity contribution in [2.45, 2.75) is 38.8 Å². The van der Waals surface area contributed by atoms with Crippen molar-refractivity contribution in [1.29, 1.82) is 0 Å². The predicted molar refractivity (Wildman–Crippen MR) is 112 cm³/mol. The number of rotatable bonds is 6. The van der Waals surface area contributed by atoms with Gasteiger partial charge < -0.3 is 0 Å². The SMILES string of the molecule is C#CCC(c1ccc(C(CC#C)[n+]2ccc(C)cc2)cc1)[n+]1ccc(C)cc1. The molecular formula is C26H26N2+2. The molecule has 0 N–H and O–H groups in total. The zero-order valence-electron chi connectivity index (χ0n) is 16.5. The van der Waals surface area contributed by atoms with Crippen LogP contribution < -0.4 is 9.13 Å². The molecular weight excluding hydrogens is 340 g/mol. The standard InChI is InChI=1S/C26H26N2/c1-5-7-25(27-17-13-21(3)14-18-27)23-9-11-24(12-10-23)26(8-6-2)28-19-15-22(4)16-20-28/h1-2,9-20,25-26H,7-8H2,3-4H3/q+2. The Labute approximate surface area is 168 Å². The number of benzene rings is 1. The van der Waals surface area contributed by atoms with Gasteiger partial charge in [-0.05, 0) is 25.0 Å². The smallest absolute Gasteiger partial charge is 0.194 e. The van der Waals surface area contributed by atoms with E-state index in [0.717, 1.165) is 0 Å². The number of aromatic nitrogens is 2. The van der Waals surface area contributed by atoms with E-state index in [-0.39, 0.29) is 12.1 Å². The summed E-state index contributed by atoms with van der Waals surface area (Å²) in [5.41, 5.74) is 4.87. The molecule has 0 saturated heterocycles. The molecule has 0 aliphatic heterocycles. The van der Waals surface area contributed by atoms with Gasteiger partial charge in [0.25, 0.3) is 0 Å². The number of aryl methyl sites for hydroxylation is 2. The van der Waals surface area contributed by atoms with Crippen LogP contribution in [0.4, 0.5) is 0 Å². The highest BCUT2D eigenvalue weighted by Crippen LogP contribution is 2.21. The molecule has 3 aromatic rings. The maximum absolute atomic E-state index is 5.65. The molecule has 138 valence electrons. The van der Waals surface area contributed by atoms with Crippen LogP contribution in [0.25, 0.3) is 0 Å². The molecule has 0 saturated carbocycles. The van der Waals surface area contributed by atoms with Crippen LogP contribution >= 0.6 is 0 Å². The van der Waals surface area contributed by atoms with Crippen LogP contribution in [-0.4, -0.2) is 0 Å². The van der Waals surface area contributed by atoms with Crippen molar-refractivity contribution in [3.63, 3.8) is 0 Å². The molecule has 2 heterocycles. The molecule has 2 nitrogen and oxygen atoms in total. The first-order chi connectivity index (χ1) is 13.6. The van der Waals surface area contributed by atoms with Gasteiger partial charge in [-0.15, -0.1) is 12.8 Å². The van der Waals surface area contributed by atoms with E-state index in [0.29, 0.717) is 12.8 Å². The fraction of sp³-hybridized carbons (Fsp3) is 0.231. The normalized spacial score (nSPS) is 12.6. The summed E-state index contributed by atoms with van der Waals surface area (Å²) in [7, 11) is 0. The topological polar surface area (TPSA) is 7.76 Å². The molecule has 0 amide bonds. The van der Waals surface area contributed by atoms with Gasteiger partial charge in [0.1, 0.15) is 0 Å². The fourth-order valence-corrected chi connectivity index (χ4v) is 3.39. The second-order valence-corrected chi connectivity index (χ2v) is 7.16. The molecule has 2 atom stereocenters. The average molecular weight is 367 g/mol. The summed E-state index contributed by atoms with van der Waals surface area (Å²) in [6.45, 7) is 4.17. The Morgan fingerprint density at radius 3 is 1.25 bits per heavy atom. The van der Waals surface area contributed by atoms with Gasteiger partial charge in [-0.2, -0.15) is 9.13 Å². The Bertz CT molecular complexity index is 900. The van der Waals surface area contributed by atoms with Gasteiger partial charge in [0.15, 0.2) is 36.9 Å². The van der Waals surface area contributed by atoms with Gasteiger partial charge in [0, 0.05) is 35.4 Å². The van der Waals surface area contributed by atoms with Gasteiger partial charge in [-0.25, -0.2) is 0 Å². The summed E-state index contributed by atoms with van der Waals surface area (Å²) in [6, 6.07) is 17.3. The first kappa shape index (κ1) is 19.4. The second-order valence-electron chi connectivity index (χ2n) is 7.16. The van der Waals surface area contributed by atoms with Crippen LogP contribution in [0, 0.1) is 38.5 Å². The van der Waals surface area contributed by atoms with Gasteiger partial charge in [-0.3, -0.25) is 0 Å². The molecule has 0 radical (unpaired) electrons. The van der Waals surface area contributed by atoms with Gasteiger partial charge >= 0.3 is 0 Å². The van der Waals surface area contributed by atoms with Crippen molar-refractivity contribution < 1.29 is 9.13 Å². The van der Waals surface area contributed by atoms with Crippen LogP contribution in [0.5, 0.6) is 0 Å². The zero-order chi connectivity index (χ0) is 19.9. The van der Waals surface area contributed by atoms with Crippen molar-refractivity contribution in [2.75, 3.05) is 0 Å². The maximum atomic E-state index is 5.65. The van der Waals surface area contributed by atoms with Gasteiger partial charge in [0.05, 0.1) is 12.8 Å². The molecule has 0 bridgehead atoms. The molecule has 1 aromatic carbocycles. The van der Waals surface area contributed by atoms with Crippen LogP contribution in [0.3, 0.4) is 0 Å². The lowest BCUT2D eigenvalue weighted by Crippen LogP contribution is -2.40. The third kappa shape index (κ3) is 4.48. The maximum Gasteiger partial charge on any atom is 0.194 e. The van der Waals surface area contributed by atoms with Crippen LogP contribution in [-0.2, 0) is 0 Å². The summed E-state index contributed by atoms with van der Waals surface area (Å²) in [5, 5.41) is 0. The Kier molecular flexibility index (Phi) is 6.25. The minimum absolute atomic E-state index is 0.123. The Morgan fingerprint density at radius 2 is 0.964 bits per heavy atom. The fourth-order valence-electron chi connectivity index (χ4n) is 3.39. The van der Waals surface area contributed by atoms with E-state index in [2.05, 4.69) is 108 Å². The largest absolute Gasteiger partial charge is 0.197 e. The lowest BCUT2D eigenvalue weighted by Gasteiger charge is -2.14. The molecule has 2 heteroatoms. The second kappa shape index (κ2) is 9.03. The summed E-state index contributed by atoms with van der Waals surface area (Å²) >= 11 is 0. The van der Waals surface area contributed by atoms with Crippen LogP contribution in [0.15, 0.2) is 73.3 Å². The summed E-state index contributed by atoms with van der Waals surface area (Å²) in [5.74, 6) is 5.63. The quantitative estimate of drug-likeness (QED) is 0.458. The number of terminal acetylenes is 2. The van der Waals surface area contributed by atoms with E-state index >= 15 is 0 Å². The number of pyridine rings is 2. The minimum Gasteiger partial charge on any atom is -0.197 e. The molecule has 0 spiro atoms. The van der Waals surface area contributed by atoms with E-state index < -0.39 is 0 Å². The van der Waals surface area contributed by atoms with E-state index in [1.54, 1.807) is 0 Å². The Morgan fingerprint density at radius 1 is 0.643 bits per heavy atom. The number of hydrogen-bond acceptors (Lipinski definition) is 0. The minimum atomic E-state index is 0.123. The molecule has 0 fully saturated rings. The third-order valence-electron chi connectivity index (χ3n) is 5.09. The van der Waals surface area contributed by atoms with E-state index in [4.69, 9.17) is 12.8 Å². The third-order valence-corrected chi connectivity index (χ3v) is 5.09. The molecule has 0 aliphatic carbocycles. The monoisotopic (exact) mass is 366 g/mol. The number of hydrogen-bond donors (Lipinski definition) is 0. The van der Waals surface area contributed by atoms with Crippen molar-refractivity contribution in [3.8, 4) is 24.7 Å². The van der Waals surface area contributed by atoms with Crippen molar-refractivity contribution in [1.82, 2.24) is 0 Å². The molecule has 3 rings (SSSR count). The Hall–Kier alpha value is -3.36. The summed E-state index contributed by atoms with van der Waals surface area (Å²) in [6.07, 6.45) is 21.0. The lowest BCUT2D eigenvalue weighted by atomic mass is 9.97. The van der Waals surface area contributed by atoms with E-state index in [1.807, 2.05) is 0 Å². The molecule has 2 aromatic heterocycles. The first-order valence-electron chi connectivity index (χ1n) is 9.54. The van der Waals surface area contributed by atoms with Crippen molar-refractivity contribution in [2.24, 2.45) is 0 Å². The highest BCUT2D eigenvalue weighted by atomic mass is 15.0. The highest BCUT2D eigenvalue weighted by Gasteiger charge is 2.23. The van der Waals surface area contributed by atoms with Crippen LogP contribution in [0.1, 0.15) is 47.2 Å². The summed E-state index contributed by atoms with van der Waals surface area (Å²) < 4.78 is 4.35. The van der Waals surface area contributed by atoms with Crippen LogP contribution in [0.2, 0.25) is 0 Å². The molecule has 28 heavy (non-hydrogen) atoms. The average Bonchev–Trinajstić information content (AvgIpc) is 2.72.